The second-order valence-corrected chi connectivity index (χ2v) is 4.86. The number of aromatic nitrogens is 3. The minimum Gasteiger partial charge on any atom is -0.348 e. The average molecular weight is 310 g/mol. The monoisotopic (exact) mass is 310 g/mol. The van der Waals surface area contributed by atoms with Crippen LogP contribution in [0.4, 0.5) is 4.39 Å². The van der Waals surface area contributed by atoms with Crippen molar-refractivity contribution < 1.29 is 9.18 Å². The molecule has 0 aliphatic heterocycles. The maximum absolute atomic E-state index is 13.1. The molecule has 3 rings (SSSR count). The van der Waals surface area contributed by atoms with Gasteiger partial charge in [-0.25, -0.2) is 9.07 Å². The first-order valence-electron chi connectivity index (χ1n) is 7.07. The van der Waals surface area contributed by atoms with Crippen molar-refractivity contribution in [2.24, 2.45) is 0 Å². The lowest BCUT2D eigenvalue weighted by molar-refractivity contribution is 0.0958. The zero-order chi connectivity index (χ0) is 16.2. The summed E-state index contributed by atoms with van der Waals surface area (Å²) < 4.78 is 16.5. The zero-order valence-electron chi connectivity index (χ0n) is 12.3. The Morgan fingerprint density at radius 1 is 1.26 bits per heavy atom. The van der Waals surface area contributed by atoms with Crippen LogP contribution in [0.1, 0.15) is 10.4 Å². The second kappa shape index (κ2) is 6.31. The molecule has 2 heterocycles. The molecule has 1 aromatic carbocycles. The van der Waals surface area contributed by atoms with Crippen molar-refractivity contribution in [1.82, 2.24) is 19.7 Å². The van der Waals surface area contributed by atoms with Crippen LogP contribution >= 0.6 is 0 Å². The van der Waals surface area contributed by atoms with Gasteiger partial charge in [0.05, 0.1) is 11.9 Å². The highest BCUT2D eigenvalue weighted by Crippen LogP contribution is 2.20. The van der Waals surface area contributed by atoms with Gasteiger partial charge in [-0.3, -0.25) is 4.79 Å². The van der Waals surface area contributed by atoms with Crippen LogP contribution in [0.2, 0.25) is 0 Å². The Bertz CT molecular complexity index is 819. The Hall–Kier alpha value is -3.15. The molecule has 0 unspecified atom stereocenters. The SMILES string of the molecule is C=CCNC(=O)c1cnn(-c2ccc(F)cc2)c1-n1cccc1. The molecule has 0 spiro atoms. The third-order valence-electron chi connectivity index (χ3n) is 3.32. The standard InChI is InChI=1S/C17H15FN4O/c1-2-9-19-16(23)15-12-20-22(14-7-5-13(18)6-8-14)17(15)21-10-3-4-11-21/h2-8,10-12H,1,9H2,(H,19,23). The fourth-order valence-corrected chi connectivity index (χ4v) is 2.26. The molecule has 0 atom stereocenters. The first kappa shape index (κ1) is 14.8. The molecule has 2 aromatic heterocycles. The van der Waals surface area contributed by atoms with Crippen molar-refractivity contribution in [3.8, 4) is 11.5 Å². The second-order valence-electron chi connectivity index (χ2n) is 4.86. The molecule has 0 fully saturated rings. The van der Waals surface area contributed by atoms with Crippen molar-refractivity contribution in [2.75, 3.05) is 6.54 Å². The fraction of sp³-hybridized carbons (Fsp3) is 0.0588. The molecular weight excluding hydrogens is 295 g/mol. The van der Waals surface area contributed by atoms with Gasteiger partial charge in [-0.2, -0.15) is 5.10 Å². The Morgan fingerprint density at radius 3 is 2.61 bits per heavy atom. The predicted molar refractivity (Wildman–Crippen MR) is 85.4 cm³/mol. The predicted octanol–water partition coefficient (Wildman–Crippen LogP) is 2.72. The van der Waals surface area contributed by atoms with Crippen LogP contribution in [0, 0.1) is 5.82 Å². The molecule has 0 aliphatic carbocycles. The highest BCUT2D eigenvalue weighted by Gasteiger charge is 2.19. The first-order chi connectivity index (χ1) is 11.2. The van der Waals surface area contributed by atoms with Crippen LogP contribution in [0.3, 0.4) is 0 Å². The Balaban J connectivity index is 2.10. The summed E-state index contributed by atoms with van der Waals surface area (Å²) in [6.07, 6.45) is 6.75. The minimum atomic E-state index is -0.327. The molecule has 1 amide bonds. The van der Waals surface area contributed by atoms with Gasteiger partial charge in [0.25, 0.3) is 5.91 Å². The molecule has 3 aromatic rings. The zero-order valence-corrected chi connectivity index (χ0v) is 12.3. The molecule has 23 heavy (non-hydrogen) atoms. The number of carbonyl (C=O) groups is 1. The third-order valence-corrected chi connectivity index (χ3v) is 3.32. The van der Waals surface area contributed by atoms with Crippen LogP contribution in [-0.4, -0.2) is 26.8 Å². The highest BCUT2D eigenvalue weighted by atomic mass is 19.1. The Labute approximate surface area is 132 Å². The maximum atomic E-state index is 13.1. The molecule has 0 bridgehead atoms. The van der Waals surface area contributed by atoms with Crippen LogP contribution in [0.25, 0.3) is 11.5 Å². The van der Waals surface area contributed by atoms with Gasteiger partial charge in [0.15, 0.2) is 5.82 Å². The number of halogens is 1. The van der Waals surface area contributed by atoms with E-state index in [0.717, 1.165) is 0 Å². The lowest BCUT2D eigenvalue weighted by atomic mass is 10.2. The van der Waals surface area contributed by atoms with E-state index in [1.54, 1.807) is 27.5 Å². The van der Waals surface area contributed by atoms with Gasteiger partial charge in [0.1, 0.15) is 11.4 Å². The first-order valence-corrected chi connectivity index (χ1v) is 7.07. The normalized spacial score (nSPS) is 10.5. The van der Waals surface area contributed by atoms with Gasteiger partial charge < -0.3 is 9.88 Å². The third kappa shape index (κ3) is 2.91. The molecule has 0 radical (unpaired) electrons. The number of nitrogens with zero attached hydrogens (tertiary/aromatic N) is 3. The summed E-state index contributed by atoms with van der Waals surface area (Å²) in [6, 6.07) is 9.64. The van der Waals surface area contributed by atoms with Crippen LogP contribution in [-0.2, 0) is 0 Å². The number of hydrogen-bond donors (Lipinski definition) is 1. The van der Waals surface area contributed by atoms with E-state index < -0.39 is 0 Å². The quantitative estimate of drug-likeness (QED) is 0.737. The number of hydrogen-bond acceptors (Lipinski definition) is 2. The van der Waals surface area contributed by atoms with Crippen LogP contribution in [0.15, 0.2) is 67.6 Å². The number of nitrogens with one attached hydrogen (secondary N) is 1. The van der Waals surface area contributed by atoms with Crippen LogP contribution in [0.5, 0.6) is 0 Å². The summed E-state index contributed by atoms with van der Waals surface area (Å²) in [4.78, 5) is 12.3. The number of amides is 1. The van der Waals surface area contributed by atoms with E-state index in [2.05, 4.69) is 17.0 Å². The molecule has 0 saturated carbocycles. The van der Waals surface area contributed by atoms with Crippen molar-refractivity contribution in [2.45, 2.75) is 0 Å². The van der Waals surface area contributed by atoms with Gasteiger partial charge >= 0.3 is 0 Å². The maximum Gasteiger partial charge on any atom is 0.256 e. The summed E-state index contributed by atoms with van der Waals surface area (Å²) in [6.45, 7) is 3.95. The molecule has 0 saturated heterocycles. The topological polar surface area (TPSA) is 51.9 Å². The highest BCUT2D eigenvalue weighted by molar-refractivity contribution is 5.97. The van der Waals surface area contributed by atoms with E-state index in [1.807, 2.05) is 24.5 Å². The molecular formula is C17H15FN4O. The van der Waals surface area contributed by atoms with E-state index in [0.29, 0.717) is 23.6 Å². The average Bonchev–Trinajstić information content (AvgIpc) is 3.22. The lowest BCUT2D eigenvalue weighted by Gasteiger charge is -2.11. The summed E-state index contributed by atoms with van der Waals surface area (Å²) in [5.41, 5.74) is 1.09. The van der Waals surface area contributed by atoms with Crippen molar-refractivity contribution in [3.63, 3.8) is 0 Å². The van der Waals surface area contributed by atoms with Crippen molar-refractivity contribution in [1.29, 1.82) is 0 Å². The largest absolute Gasteiger partial charge is 0.348 e. The van der Waals surface area contributed by atoms with Crippen molar-refractivity contribution in [3.05, 3.63) is 79.0 Å². The van der Waals surface area contributed by atoms with E-state index in [9.17, 15) is 9.18 Å². The smallest absolute Gasteiger partial charge is 0.256 e. The van der Waals surface area contributed by atoms with Crippen molar-refractivity contribution >= 4 is 5.91 Å². The molecule has 5 nitrogen and oxygen atoms in total. The van der Waals surface area contributed by atoms with E-state index in [4.69, 9.17) is 0 Å². The Morgan fingerprint density at radius 2 is 1.96 bits per heavy atom. The van der Waals surface area contributed by atoms with Gasteiger partial charge in [-0.1, -0.05) is 6.08 Å². The molecule has 0 aliphatic rings. The number of benzene rings is 1. The molecule has 6 heteroatoms. The number of rotatable bonds is 5. The molecule has 1 N–H and O–H groups in total. The van der Waals surface area contributed by atoms with Gasteiger partial charge in [-0.15, -0.1) is 6.58 Å². The van der Waals surface area contributed by atoms with Gasteiger partial charge in [0.2, 0.25) is 0 Å². The Kier molecular flexibility index (Phi) is 4.05. The van der Waals surface area contributed by atoms with Crippen LogP contribution < -0.4 is 5.32 Å². The summed E-state index contributed by atoms with van der Waals surface area (Å²) >= 11 is 0. The summed E-state index contributed by atoms with van der Waals surface area (Å²) in [5, 5.41) is 7.03. The summed E-state index contributed by atoms with van der Waals surface area (Å²) in [5.74, 6) is 0.0116. The summed E-state index contributed by atoms with van der Waals surface area (Å²) in [7, 11) is 0. The van der Waals surface area contributed by atoms with E-state index in [-0.39, 0.29) is 11.7 Å². The number of carbonyl (C=O) groups excluding carboxylic acids is 1. The van der Waals surface area contributed by atoms with E-state index >= 15 is 0 Å². The van der Waals surface area contributed by atoms with Gasteiger partial charge in [-0.05, 0) is 36.4 Å². The van der Waals surface area contributed by atoms with E-state index in [1.165, 1.54) is 18.3 Å². The molecule has 116 valence electrons. The lowest BCUT2D eigenvalue weighted by Crippen LogP contribution is -2.24. The van der Waals surface area contributed by atoms with Gasteiger partial charge in [0, 0.05) is 18.9 Å². The minimum absolute atomic E-state index is 0.248. The fourth-order valence-electron chi connectivity index (χ4n) is 2.26.